The molecule has 2 aromatic heterocycles. The molecule has 0 aliphatic carbocycles. The second kappa shape index (κ2) is 10.1. The van der Waals surface area contributed by atoms with E-state index in [1.165, 1.54) is 0 Å². The van der Waals surface area contributed by atoms with Crippen molar-refractivity contribution in [3.8, 4) is 28.3 Å². The molecular weight excluding hydrogens is 470 g/mol. The number of fused-ring (bicyclic) bond motifs is 1. The van der Waals surface area contributed by atoms with Crippen LogP contribution in [0, 0.1) is 0 Å². The summed E-state index contributed by atoms with van der Waals surface area (Å²) in [6.07, 6.45) is 1.87. The molecule has 6 rings (SSSR count). The number of hydrogen-bond acceptors (Lipinski definition) is 4. The molecule has 0 N–H and O–H groups in total. The Morgan fingerprint density at radius 1 is 0.737 bits per heavy atom. The first-order chi connectivity index (χ1) is 18.7. The number of carbonyl (C=O) groups is 1. The van der Waals surface area contributed by atoms with Gasteiger partial charge in [0, 0.05) is 35.0 Å². The summed E-state index contributed by atoms with van der Waals surface area (Å²) in [6, 6.07) is 37.4. The van der Waals surface area contributed by atoms with Gasteiger partial charge >= 0.3 is 0 Å². The Morgan fingerprint density at radius 2 is 1.42 bits per heavy atom. The Kier molecular flexibility index (Phi) is 6.24. The van der Waals surface area contributed by atoms with Crippen molar-refractivity contribution in [1.29, 1.82) is 0 Å². The van der Waals surface area contributed by atoms with Crippen molar-refractivity contribution < 1.29 is 9.53 Å². The summed E-state index contributed by atoms with van der Waals surface area (Å²) >= 11 is 0. The molecule has 6 aromatic rings. The van der Waals surface area contributed by atoms with E-state index in [0.717, 1.165) is 39.3 Å². The van der Waals surface area contributed by atoms with Crippen LogP contribution in [0.1, 0.15) is 21.5 Å². The number of pyridine rings is 1. The SMILES string of the molecule is COc1cccc(-c2nc3ncc(-c4ccccc4)cc3n2Cc2ccc(C(=O)c3ccccc3)cc2)c1. The van der Waals surface area contributed by atoms with E-state index < -0.39 is 0 Å². The summed E-state index contributed by atoms with van der Waals surface area (Å²) in [6.45, 7) is 0.572. The van der Waals surface area contributed by atoms with Gasteiger partial charge < -0.3 is 9.30 Å². The summed E-state index contributed by atoms with van der Waals surface area (Å²) in [7, 11) is 1.66. The fraction of sp³-hybridized carbons (Fsp3) is 0.0606. The second-order valence-corrected chi connectivity index (χ2v) is 9.08. The summed E-state index contributed by atoms with van der Waals surface area (Å²) in [5.41, 5.74) is 7.09. The van der Waals surface area contributed by atoms with Crippen molar-refractivity contribution in [2.45, 2.75) is 6.54 Å². The Balaban J connectivity index is 1.42. The van der Waals surface area contributed by atoms with Crippen LogP contribution >= 0.6 is 0 Å². The van der Waals surface area contributed by atoms with E-state index in [1.54, 1.807) is 7.11 Å². The molecule has 0 aliphatic rings. The predicted molar refractivity (Wildman–Crippen MR) is 150 cm³/mol. The van der Waals surface area contributed by atoms with Crippen LogP contribution < -0.4 is 4.74 Å². The standard InChI is InChI=1S/C33H25N3O2/c1-38-29-14-8-13-27(19-29)33-35-32-30(20-28(21-34-32)24-9-4-2-5-10-24)36(33)22-23-15-17-26(18-16-23)31(37)25-11-6-3-7-12-25/h2-21H,22H2,1H3. The molecule has 2 heterocycles. The van der Waals surface area contributed by atoms with Crippen LogP contribution in [0.4, 0.5) is 0 Å². The average molecular weight is 496 g/mol. The molecule has 38 heavy (non-hydrogen) atoms. The largest absolute Gasteiger partial charge is 0.497 e. The van der Waals surface area contributed by atoms with Crippen LogP contribution in [0.2, 0.25) is 0 Å². The number of carbonyl (C=O) groups excluding carboxylic acids is 1. The van der Waals surface area contributed by atoms with E-state index in [2.05, 4.69) is 22.8 Å². The first kappa shape index (κ1) is 23.4. The topological polar surface area (TPSA) is 57.0 Å². The van der Waals surface area contributed by atoms with Gasteiger partial charge in [-0.1, -0.05) is 97.1 Å². The molecule has 0 saturated carbocycles. The normalized spacial score (nSPS) is 11.0. The highest BCUT2D eigenvalue weighted by Gasteiger charge is 2.16. The number of aromatic nitrogens is 3. The predicted octanol–water partition coefficient (Wildman–Crippen LogP) is 7.05. The molecule has 0 spiro atoms. The molecule has 0 radical (unpaired) electrons. The number of ether oxygens (including phenoxy) is 1. The van der Waals surface area contributed by atoms with Gasteiger partial charge in [0.25, 0.3) is 0 Å². The number of methoxy groups -OCH3 is 1. The van der Waals surface area contributed by atoms with Gasteiger partial charge in [-0.15, -0.1) is 0 Å². The zero-order valence-corrected chi connectivity index (χ0v) is 20.9. The van der Waals surface area contributed by atoms with Crippen molar-refractivity contribution in [1.82, 2.24) is 14.5 Å². The van der Waals surface area contributed by atoms with Gasteiger partial charge in [-0.25, -0.2) is 9.97 Å². The number of hydrogen-bond donors (Lipinski definition) is 0. The Hall–Kier alpha value is -5.03. The lowest BCUT2D eigenvalue weighted by Crippen LogP contribution is -2.04. The minimum absolute atomic E-state index is 0.0130. The van der Waals surface area contributed by atoms with Crippen LogP contribution in [0.3, 0.4) is 0 Å². The second-order valence-electron chi connectivity index (χ2n) is 9.08. The monoisotopic (exact) mass is 495 g/mol. The van der Waals surface area contributed by atoms with E-state index >= 15 is 0 Å². The molecule has 0 saturated heterocycles. The van der Waals surface area contributed by atoms with Crippen LogP contribution in [-0.4, -0.2) is 27.4 Å². The molecule has 0 atom stereocenters. The summed E-state index contributed by atoms with van der Waals surface area (Å²) < 4.78 is 7.65. The third-order valence-electron chi connectivity index (χ3n) is 6.63. The molecule has 0 bridgehead atoms. The van der Waals surface area contributed by atoms with E-state index in [4.69, 9.17) is 14.7 Å². The lowest BCUT2D eigenvalue weighted by atomic mass is 10.0. The molecule has 4 aromatic carbocycles. The van der Waals surface area contributed by atoms with Crippen molar-refractivity contribution in [2.24, 2.45) is 0 Å². The maximum atomic E-state index is 12.9. The number of imidazole rings is 1. The molecule has 5 heteroatoms. The Labute approximate surface area is 221 Å². The quantitative estimate of drug-likeness (QED) is 0.223. The highest BCUT2D eigenvalue weighted by atomic mass is 16.5. The smallest absolute Gasteiger partial charge is 0.193 e. The first-order valence-electron chi connectivity index (χ1n) is 12.4. The molecule has 0 amide bonds. The minimum Gasteiger partial charge on any atom is -0.497 e. The van der Waals surface area contributed by atoms with Gasteiger partial charge in [0.1, 0.15) is 11.6 Å². The molecule has 5 nitrogen and oxygen atoms in total. The van der Waals surface area contributed by atoms with Gasteiger partial charge in [0.2, 0.25) is 0 Å². The Morgan fingerprint density at radius 3 is 2.16 bits per heavy atom. The van der Waals surface area contributed by atoms with Crippen LogP contribution in [0.5, 0.6) is 5.75 Å². The van der Waals surface area contributed by atoms with Crippen LogP contribution in [0.15, 0.2) is 121 Å². The highest BCUT2D eigenvalue weighted by Crippen LogP contribution is 2.30. The van der Waals surface area contributed by atoms with E-state index in [-0.39, 0.29) is 5.78 Å². The van der Waals surface area contributed by atoms with E-state index in [0.29, 0.717) is 23.3 Å². The summed E-state index contributed by atoms with van der Waals surface area (Å²) in [4.78, 5) is 22.5. The number of ketones is 1. The lowest BCUT2D eigenvalue weighted by molar-refractivity contribution is 0.103. The number of rotatable bonds is 7. The first-order valence-corrected chi connectivity index (χ1v) is 12.4. The van der Waals surface area contributed by atoms with Crippen molar-refractivity contribution in [3.63, 3.8) is 0 Å². The van der Waals surface area contributed by atoms with E-state index in [9.17, 15) is 4.79 Å². The van der Waals surface area contributed by atoms with Crippen LogP contribution in [-0.2, 0) is 6.54 Å². The number of benzene rings is 4. The van der Waals surface area contributed by atoms with Crippen molar-refractivity contribution in [3.05, 3.63) is 138 Å². The van der Waals surface area contributed by atoms with Gasteiger partial charge in [0.05, 0.1) is 12.6 Å². The molecule has 0 aliphatic heterocycles. The maximum Gasteiger partial charge on any atom is 0.193 e. The number of nitrogens with zero attached hydrogens (tertiary/aromatic N) is 3. The zero-order valence-electron chi connectivity index (χ0n) is 20.9. The zero-order chi connectivity index (χ0) is 25.9. The average Bonchev–Trinajstić information content (AvgIpc) is 3.35. The highest BCUT2D eigenvalue weighted by molar-refractivity contribution is 6.08. The van der Waals surface area contributed by atoms with Crippen molar-refractivity contribution >= 4 is 16.9 Å². The van der Waals surface area contributed by atoms with Gasteiger partial charge in [-0.3, -0.25) is 4.79 Å². The lowest BCUT2D eigenvalue weighted by Gasteiger charge is -2.12. The Bertz CT molecular complexity index is 1720. The maximum absolute atomic E-state index is 12.9. The third kappa shape index (κ3) is 4.58. The third-order valence-corrected chi connectivity index (χ3v) is 6.63. The molecular formula is C33H25N3O2. The fourth-order valence-electron chi connectivity index (χ4n) is 4.64. The molecule has 0 unspecified atom stereocenters. The van der Waals surface area contributed by atoms with Crippen LogP contribution in [0.25, 0.3) is 33.7 Å². The summed E-state index contributed by atoms with van der Waals surface area (Å²) in [5, 5.41) is 0. The fourth-order valence-corrected chi connectivity index (χ4v) is 4.64. The van der Waals surface area contributed by atoms with Crippen molar-refractivity contribution in [2.75, 3.05) is 7.11 Å². The van der Waals surface area contributed by atoms with E-state index in [1.807, 2.05) is 103 Å². The molecule has 0 fully saturated rings. The molecule has 184 valence electrons. The van der Waals surface area contributed by atoms with Gasteiger partial charge in [-0.2, -0.15) is 0 Å². The summed E-state index contributed by atoms with van der Waals surface area (Å²) in [5.74, 6) is 1.59. The van der Waals surface area contributed by atoms with Gasteiger partial charge in [0.15, 0.2) is 11.4 Å². The minimum atomic E-state index is 0.0130. The van der Waals surface area contributed by atoms with Gasteiger partial charge in [-0.05, 0) is 29.3 Å².